The van der Waals surface area contributed by atoms with Gasteiger partial charge in [0.05, 0.1) is 7.85 Å². The summed E-state index contributed by atoms with van der Waals surface area (Å²) in [6.45, 7) is 3.12. The van der Waals surface area contributed by atoms with Crippen LogP contribution in [0.25, 0.3) is 0 Å². The molecule has 0 unspecified atom stereocenters. The number of nitrogens with one attached hydrogen (secondary N) is 1. The molecular weight excluding hydrogens is 96.9 g/mol. The van der Waals surface area contributed by atoms with Crippen LogP contribution in [-0.2, 0) is 0 Å². The van der Waals surface area contributed by atoms with E-state index in [1.807, 2.05) is 14.0 Å². The molecule has 0 aliphatic heterocycles. The van der Waals surface area contributed by atoms with Crippen LogP contribution in [0, 0.1) is 0 Å². The summed E-state index contributed by atoms with van der Waals surface area (Å²) in [6, 6.07) is 0. The number of rotatable bonds is 4. The molecule has 0 spiro atoms. The molecule has 46 valence electrons. The Hall–Kier alpha value is 0.0249. The first-order valence-corrected chi connectivity index (χ1v) is 3.17. The fourth-order valence-electron chi connectivity index (χ4n) is 0.601. The van der Waals surface area contributed by atoms with Crippen LogP contribution in [0.5, 0.6) is 0 Å². The third-order valence-electron chi connectivity index (χ3n) is 1.09. The van der Waals surface area contributed by atoms with E-state index in [0.717, 1.165) is 13.0 Å². The van der Waals surface area contributed by atoms with Crippen molar-refractivity contribution in [3.8, 4) is 0 Å². The lowest BCUT2D eigenvalue weighted by atomic mass is 9.86. The molecule has 0 saturated carbocycles. The molecule has 0 amide bonds. The van der Waals surface area contributed by atoms with Gasteiger partial charge in [0.15, 0.2) is 0 Å². The van der Waals surface area contributed by atoms with Crippen molar-refractivity contribution in [3.63, 3.8) is 0 Å². The minimum atomic E-state index is 0.364. The Kier molecular flexibility index (Phi) is 5.18. The van der Waals surface area contributed by atoms with Gasteiger partial charge in [-0.3, -0.25) is 0 Å². The van der Waals surface area contributed by atoms with Crippen LogP contribution in [0.15, 0.2) is 0 Å². The van der Waals surface area contributed by atoms with Crippen LogP contribution in [-0.4, -0.2) is 21.4 Å². The van der Waals surface area contributed by atoms with Gasteiger partial charge in [-0.25, -0.2) is 0 Å². The maximum absolute atomic E-state index is 5.51. The fraction of sp³-hybridized carbons (Fsp3) is 1.00. The summed E-state index contributed by atoms with van der Waals surface area (Å²) in [5.41, 5.74) is 0. The second kappa shape index (κ2) is 5.17. The van der Waals surface area contributed by atoms with E-state index in [0.29, 0.717) is 5.82 Å². The van der Waals surface area contributed by atoms with Crippen molar-refractivity contribution >= 4 is 7.85 Å². The summed E-state index contributed by atoms with van der Waals surface area (Å²) in [4.78, 5) is 0. The quantitative estimate of drug-likeness (QED) is 0.421. The van der Waals surface area contributed by atoms with Gasteiger partial charge in [-0.15, -0.1) is 0 Å². The molecule has 2 radical (unpaired) electrons. The lowest BCUT2D eigenvalue weighted by Crippen LogP contribution is -2.07. The van der Waals surface area contributed by atoms with Gasteiger partial charge in [0.25, 0.3) is 0 Å². The van der Waals surface area contributed by atoms with Gasteiger partial charge in [-0.2, -0.15) is 0 Å². The average molecular weight is 111 g/mol. The second-order valence-electron chi connectivity index (χ2n) is 2.22. The Morgan fingerprint density at radius 2 is 2.25 bits per heavy atom. The fourth-order valence-corrected chi connectivity index (χ4v) is 0.601. The van der Waals surface area contributed by atoms with Crippen LogP contribution < -0.4 is 5.32 Å². The third kappa shape index (κ3) is 6.02. The SMILES string of the molecule is [B][C@@H](C)CCCNC. The van der Waals surface area contributed by atoms with Crippen molar-refractivity contribution < 1.29 is 0 Å². The molecule has 0 saturated heterocycles. The molecule has 2 heteroatoms. The van der Waals surface area contributed by atoms with Crippen molar-refractivity contribution in [3.05, 3.63) is 0 Å². The summed E-state index contributed by atoms with van der Waals surface area (Å²) in [7, 11) is 7.46. The standard InChI is InChI=1S/C6H14BN/c1-6(7)4-3-5-8-2/h6,8H,3-5H2,1-2H3/t6-/m0/s1. The van der Waals surface area contributed by atoms with Crippen LogP contribution >= 0.6 is 0 Å². The van der Waals surface area contributed by atoms with E-state index >= 15 is 0 Å². The normalized spacial score (nSPS) is 13.8. The number of hydrogen-bond donors (Lipinski definition) is 1. The Morgan fingerprint density at radius 3 is 2.62 bits per heavy atom. The van der Waals surface area contributed by atoms with Crippen molar-refractivity contribution in [1.82, 2.24) is 5.32 Å². The highest BCUT2D eigenvalue weighted by atomic mass is 14.8. The maximum Gasteiger partial charge on any atom is 0.0695 e. The third-order valence-corrected chi connectivity index (χ3v) is 1.09. The second-order valence-corrected chi connectivity index (χ2v) is 2.22. The molecule has 1 N–H and O–H groups in total. The summed E-state index contributed by atoms with van der Waals surface area (Å²) >= 11 is 0. The minimum absolute atomic E-state index is 0.364. The topological polar surface area (TPSA) is 12.0 Å². The van der Waals surface area contributed by atoms with Gasteiger partial charge in [0.2, 0.25) is 0 Å². The molecule has 0 aromatic carbocycles. The monoisotopic (exact) mass is 111 g/mol. The number of hydrogen-bond acceptors (Lipinski definition) is 1. The highest BCUT2D eigenvalue weighted by Gasteiger charge is 1.90. The minimum Gasteiger partial charge on any atom is -0.320 e. The zero-order valence-electron chi connectivity index (χ0n) is 5.78. The van der Waals surface area contributed by atoms with E-state index < -0.39 is 0 Å². The predicted octanol–water partition coefficient (Wildman–Crippen LogP) is 0.963. The van der Waals surface area contributed by atoms with Crippen molar-refractivity contribution in [1.29, 1.82) is 0 Å². The van der Waals surface area contributed by atoms with Crippen molar-refractivity contribution in [2.24, 2.45) is 0 Å². The molecule has 0 aliphatic rings. The van der Waals surface area contributed by atoms with E-state index in [4.69, 9.17) is 7.85 Å². The van der Waals surface area contributed by atoms with Gasteiger partial charge >= 0.3 is 0 Å². The van der Waals surface area contributed by atoms with Gasteiger partial charge in [-0.05, 0) is 20.0 Å². The van der Waals surface area contributed by atoms with Gasteiger partial charge in [0.1, 0.15) is 0 Å². The zero-order valence-corrected chi connectivity index (χ0v) is 5.78. The van der Waals surface area contributed by atoms with Crippen LogP contribution in [0.2, 0.25) is 5.82 Å². The largest absolute Gasteiger partial charge is 0.320 e. The van der Waals surface area contributed by atoms with Gasteiger partial charge in [-0.1, -0.05) is 19.2 Å². The van der Waals surface area contributed by atoms with Crippen molar-refractivity contribution in [2.75, 3.05) is 13.6 Å². The van der Waals surface area contributed by atoms with Crippen LogP contribution in [0.1, 0.15) is 19.8 Å². The molecule has 8 heavy (non-hydrogen) atoms. The molecular formula is C6H14BN. The van der Waals surface area contributed by atoms with Gasteiger partial charge < -0.3 is 5.32 Å². The predicted molar refractivity (Wildman–Crippen MR) is 38.3 cm³/mol. The first-order valence-electron chi connectivity index (χ1n) is 3.17. The molecule has 0 rings (SSSR count). The molecule has 1 nitrogen and oxygen atoms in total. The van der Waals surface area contributed by atoms with E-state index in [1.165, 1.54) is 6.42 Å². The van der Waals surface area contributed by atoms with E-state index in [-0.39, 0.29) is 0 Å². The lowest BCUT2D eigenvalue weighted by Gasteiger charge is -2.01. The first kappa shape index (κ1) is 8.02. The Morgan fingerprint density at radius 1 is 1.62 bits per heavy atom. The van der Waals surface area contributed by atoms with Gasteiger partial charge in [0, 0.05) is 0 Å². The van der Waals surface area contributed by atoms with Crippen LogP contribution in [0.3, 0.4) is 0 Å². The molecule has 0 aliphatic carbocycles. The van der Waals surface area contributed by atoms with E-state index in [9.17, 15) is 0 Å². The maximum atomic E-state index is 5.51. The van der Waals surface area contributed by atoms with Crippen LogP contribution in [0.4, 0.5) is 0 Å². The molecule has 0 aromatic rings. The summed E-state index contributed by atoms with van der Waals surface area (Å²) in [6.07, 6.45) is 2.31. The molecule has 0 fully saturated rings. The average Bonchev–Trinajstić information content (AvgIpc) is 1.66. The Labute approximate surface area is 53.3 Å². The van der Waals surface area contributed by atoms with E-state index in [2.05, 4.69) is 5.32 Å². The molecule has 0 aromatic heterocycles. The van der Waals surface area contributed by atoms with E-state index in [1.54, 1.807) is 0 Å². The summed E-state index contributed by atoms with van der Waals surface area (Å²) in [5, 5.41) is 3.07. The molecule has 0 bridgehead atoms. The van der Waals surface area contributed by atoms with Crippen molar-refractivity contribution in [2.45, 2.75) is 25.6 Å². The highest BCUT2D eigenvalue weighted by molar-refractivity contribution is 6.11. The summed E-state index contributed by atoms with van der Waals surface area (Å²) < 4.78 is 0. The molecule has 0 heterocycles. The molecule has 1 atom stereocenters. The first-order chi connectivity index (χ1) is 3.77. The smallest absolute Gasteiger partial charge is 0.0695 e. The zero-order chi connectivity index (χ0) is 6.41. The Balaban J connectivity index is 2.72. The lowest BCUT2D eigenvalue weighted by molar-refractivity contribution is 0.666. The highest BCUT2D eigenvalue weighted by Crippen LogP contribution is 2.04. The summed E-state index contributed by atoms with van der Waals surface area (Å²) in [5.74, 6) is 0.364. The Bertz CT molecular complexity index is 45.8.